The zero-order chi connectivity index (χ0) is 12.3. The molecular formula is C11H15BN2O3. The Morgan fingerprint density at radius 2 is 1.76 bits per heavy atom. The number of carbonyl (C=O) groups is 1. The average molecular weight is 234 g/mol. The van der Waals surface area contributed by atoms with E-state index in [-0.39, 0.29) is 6.03 Å². The lowest BCUT2D eigenvalue weighted by molar-refractivity contribution is 0.222. The van der Waals surface area contributed by atoms with Crippen molar-refractivity contribution in [2.75, 3.05) is 18.4 Å². The second kappa shape index (κ2) is 5.20. The topological polar surface area (TPSA) is 72.8 Å². The highest BCUT2D eigenvalue weighted by Gasteiger charge is 2.17. The predicted molar refractivity (Wildman–Crippen MR) is 66.1 cm³/mol. The van der Waals surface area contributed by atoms with E-state index >= 15 is 0 Å². The van der Waals surface area contributed by atoms with Gasteiger partial charge in [0.05, 0.1) is 0 Å². The molecule has 90 valence electrons. The average Bonchev–Trinajstić information content (AvgIpc) is 2.83. The van der Waals surface area contributed by atoms with E-state index in [0.717, 1.165) is 25.9 Å². The van der Waals surface area contributed by atoms with Crippen LogP contribution in [0.15, 0.2) is 24.3 Å². The maximum atomic E-state index is 11.7. The van der Waals surface area contributed by atoms with Crippen molar-refractivity contribution >= 4 is 24.3 Å². The molecule has 0 aliphatic carbocycles. The fraction of sp³-hybridized carbons (Fsp3) is 0.364. The van der Waals surface area contributed by atoms with Gasteiger partial charge in [0.2, 0.25) is 0 Å². The van der Waals surface area contributed by atoms with Crippen LogP contribution in [-0.2, 0) is 0 Å². The summed E-state index contributed by atoms with van der Waals surface area (Å²) in [4.78, 5) is 13.5. The minimum atomic E-state index is -1.47. The Balaban J connectivity index is 1.96. The summed E-state index contributed by atoms with van der Waals surface area (Å²) in [6, 6.07) is 6.36. The first-order chi connectivity index (χ1) is 8.16. The number of amides is 2. The van der Waals surface area contributed by atoms with E-state index in [1.165, 1.54) is 0 Å². The molecule has 1 aromatic rings. The lowest BCUT2D eigenvalue weighted by atomic mass is 9.80. The summed E-state index contributed by atoms with van der Waals surface area (Å²) >= 11 is 0. The molecule has 0 bridgehead atoms. The molecule has 1 saturated heterocycles. The Morgan fingerprint density at radius 1 is 1.18 bits per heavy atom. The van der Waals surface area contributed by atoms with Gasteiger partial charge in [0.15, 0.2) is 0 Å². The Kier molecular flexibility index (Phi) is 3.66. The van der Waals surface area contributed by atoms with Crippen molar-refractivity contribution < 1.29 is 14.8 Å². The summed E-state index contributed by atoms with van der Waals surface area (Å²) in [6.07, 6.45) is 2.12. The van der Waals surface area contributed by atoms with Gasteiger partial charge in [0, 0.05) is 18.8 Å². The highest BCUT2D eigenvalue weighted by molar-refractivity contribution is 6.58. The van der Waals surface area contributed by atoms with Crippen LogP contribution >= 0.6 is 0 Å². The molecule has 0 atom stereocenters. The predicted octanol–water partition coefficient (Wildman–Crippen LogP) is -0.00590. The van der Waals surface area contributed by atoms with Gasteiger partial charge in [-0.25, -0.2) is 4.79 Å². The molecule has 3 N–H and O–H groups in total. The van der Waals surface area contributed by atoms with E-state index in [1.807, 2.05) is 0 Å². The first-order valence-electron chi connectivity index (χ1n) is 5.69. The first-order valence-corrected chi connectivity index (χ1v) is 5.69. The molecule has 1 aromatic carbocycles. The maximum Gasteiger partial charge on any atom is 0.488 e. The Morgan fingerprint density at radius 3 is 2.29 bits per heavy atom. The maximum absolute atomic E-state index is 11.7. The summed E-state index contributed by atoms with van der Waals surface area (Å²) in [7, 11) is -1.47. The Labute approximate surface area is 100 Å². The van der Waals surface area contributed by atoms with Crippen LogP contribution in [-0.4, -0.2) is 41.2 Å². The number of nitrogens with one attached hydrogen (secondary N) is 1. The van der Waals surface area contributed by atoms with Crippen molar-refractivity contribution in [2.24, 2.45) is 0 Å². The summed E-state index contributed by atoms with van der Waals surface area (Å²) in [6.45, 7) is 1.61. The van der Waals surface area contributed by atoms with Crippen molar-refractivity contribution in [3.05, 3.63) is 24.3 Å². The van der Waals surface area contributed by atoms with E-state index in [1.54, 1.807) is 29.2 Å². The molecule has 17 heavy (non-hydrogen) atoms. The smallest absolute Gasteiger partial charge is 0.423 e. The summed E-state index contributed by atoms with van der Waals surface area (Å²) < 4.78 is 0. The Bertz CT molecular complexity index is 388. The first kappa shape index (κ1) is 11.9. The number of hydrogen-bond acceptors (Lipinski definition) is 3. The van der Waals surface area contributed by atoms with Gasteiger partial charge in [0.1, 0.15) is 0 Å². The van der Waals surface area contributed by atoms with Crippen LogP contribution in [0.4, 0.5) is 10.5 Å². The van der Waals surface area contributed by atoms with E-state index in [9.17, 15) is 4.79 Å². The van der Waals surface area contributed by atoms with Gasteiger partial charge >= 0.3 is 13.1 Å². The molecule has 0 unspecified atom stereocenters. The molecule has 5 nitrogen and oxygen atoms in total. The fourth-order valence-electron chi connectivity index (χ4n) is 1.86. The number of carbonyl (C=O) groups excluding carboxylic acids is 1. The third-order valence-electron chi connectivity index (χ3n) is 2.85. The minimum absolute atomic E-state index is 0.0974. The van der Waals surface area contributed by atoms with E-state index < -0.39 is 7.12 Å². The number of hydrogen-bond donors (Lipinski definition) is 3. The highest BCUT2D eigenvalue weighted by Crippen LogP contribution is 2.11. The van der Waals surface area contributed by atoms with Gasteiger partial charge in [-0.05, 0) is 30.4 Å². The van der Waals surface area contributed by atoms with Gasteiger partial charge in [-0.1, -0.05) is 12.1 Å². The largest absolute Gasteiger partial charge is 0.488 e. The molecule has 1 aliphatic rings. The monoisotopic (exact) mass is 234 g/mol. The molecule has 1 fully saturated rings. The lowest BCUT2D eigenvalue weighted by Crippen LogP contribution is -2.32. The van der Waals surface area contributed by atoms with Crippen molar-refractivity contribution in [1.82, 2.24) is 4.90 Å². The number of benzene rings is 1. The van der Waals surface area contributed by atoms with Crippen molar-refractivity contribution in [3.8, 4) is 0 Å². The molecule has 1 heterocycles. The molecule has 1 aliphatic heterocycles. The van der Waals surface area contributed by atoms with Gasteiger partial charge in [0.25, 0.3) is 0 Å². The van der Waals surface area contributed by atoms with Crippen molar-refractivity contribution in [2.45, 2.75) is 12.8 Å². The molecule has 0 radical (unpaired) electrons. The second-order valence-corrected chi connectivity index (χ2v) is 4.12. The van der Waals surface area contributed by atoms with Crippen molar-refractivity contribution in [3.63, 3.8) is 0 Å². The molecule has 2 amide bonds. The van der Waals surface area contributed by atoms with Gasteiger partial charge in [-0.3, -0.25) is 0 Å². The van der Waals surface area contributed by atoms with Crippen LogP contribution in [0.1, 0.15) is 12.8 Å². The van der Waals surface area contributed by atoms with Gasteiger partial charge in [-0.2, -0.15) is 0 Å². The molecule has 0 saturated carbocycles. The summed E-state index contributed by atoms with van der Waals surface area (Å²) in [5.41, 5.74) is 1.07. The molecule has 2 rings (SSSR count). The van der Waals surface area contributed by atoms with Gasteiger partial charge < -0.3 is 20.3 Å². The zero-order valence-corrected chi connectivity index (χ0v) is 9.47. The van der Waals surface area contributed by atoms with E-state index in [0.29, 0.717) is 11.2 Å². The number of rotatable bonds is 2. The minimum Gasteiger partial charge on any atom is -0.423 e. The van der Waals surface area contributed by atoms with Crippen molar-refractivity contribution in [1.29, 1.82) is 0 Å². The molecule has 6 heteroatoms. The number of likely N-dealkylation sites (tertiary alicyclic amines) is 1. The van der Waals surface area contributed by atoms with Crippen LogP contribution in [0.2, 0.25) is 0 Å². The third-order valence-corrected chi connectivity index (χ3v) is 2.85. The normalized spacial score (nSPS) is 14.8. The SMILES string of the molecule is O=C(Nc1ccc(B(O)O)cc1)N1CCCC1. The van der Waals surface area contributed by atoms with Gasteiger partial charge in [-0.15, -0.1) is 0 Å². The molecule has 0 aromatic heterocycles. The molecule has 0 spiro atoms. The van der Waals surface area contributed by atoms with Crippen LogP contribution in [0.25, 0.3) is 0 Å². The molecular weight excluding hydrogens is 219 g/mol. The highest BCUT2D eigenvalue weighted by atomic mass is 16.4. The summed E-state index contributed by atoms with van der Waals surface area (Å²) in [5, 5.41) is 20.6. The van der Waals surface area contributed by atoms with E-state index in [4.69, 9.17) is 10.0 Å². The lowest BCUT2D eigenvalue weighted by Gasteiger charge is -2.16. The fourth-order valence-corrected chi connectivity index (χ4v) is 1.86. The number of nitrogens with zero attached hydrogens (tertiary/aromatic N) is 1. The van der Waals surface area contributed by atoms with E-state index in [2.05, 4.69) is 5.32 Å². The van der Waals surface area contributed by atoms with Crippen LogP contribution < -0.4 is 10.8 Å². The number of anilines is 1. The quantitative estimate of drug-likeness (QED) is 0.630. The zero-order valence-electron chi connectivity index (χ0n) is 9.47. The number of urea groups is 1. The second-order valence-electron chi connectivity index (χ2n) is 4.12. The van der Waals surface area contributed by atoms with Crippen LogP contribution in [0.3, 0.4) is 0 Å². The van der Waals surface area contributed by atoms with Crippen LogP contribution in [0, 0.1) is 0 Å². The Hall–Kier alpha value is -1.53. The summed E-state index contributed by atoms with van der Waals surface area (Å²) in [5.74, 6) is 0. The third kappa shape index (κ3) is 2.98. The van der Waals surface area contributed by atoms with Crippen LogP contribution in [0.5, 0.6) is 0 Å². The standard InChI is InChI=1S/C11H15BN2O3/c15-11(14-7-1-2-8-14)13-10-5-3-9(4-6-10)12(16)17/h3-6,16-17H,1-2,7-8H2,(H,13,15).